The molecule has 0 spiro atoms. The summed E-state index contributed by atoms with van der Waals surface area (Å²) < 4.78 is 3.61. The highest BCUT2D eigenvalue weighted by Gasteiger charge is 2.00. The number of carbonyl (C=O) groups excluding carboxylic acids is 1. The van der Waals surface area contributed by atoms with Crippen molar-refractivity contribution in [3.63, 3.8) is 0 Å². The summed E-state index contributed by atoms with van der Waals surface area (Å²) in [6.45, 7) is 3.97. The molecule has 0 aliphatic heterocycles. The molecule has 0 saturated carbocycles. The van der Waals surface area contributed by atoms with Crippen molar-refractivity contribution in [1.29, 1.82) is 0 Å². The van der Waals surface area contributed by atoms with Crippen LogP contribution in [0.2, 0.25) is 0 Å². The summed E-state index contributed by atoms with van der Waals surface area (Å²) in [7, 11) is 0. The number of hydrogen-bond donors (Lipinski definition) is 2. The third-order valence-corrected chi connectivity index (χ3v) is 1.83. The van der Waals surface area contributed by atoms with Gasteiger partial charge in [0.05, 0.1) is 6.20 Å². The van der Waals surface area contributed by atoms with Gasteiger partial charge in [-0.1, -0.05) is 29.3 Å². The number of anilines is 1. The van der Waals surface area contributed by atoms with E-state index < -0.39 is 0 Å². The van der Waals surface area contributed by atoms with E-state index in [9.17, 15) is 4.79 Å². The molecule has 6 heteroatoms. The van der Waals surface area contributed by atoms with Gasteiger partial charge in [0, 0.05) is 18.1 Å². The third kappa shape index (κ3) is 3.81. The predicted octanol–water partition coefficient (Wildman–Crippen LogP) is 1.40. The molecule has 74 valence electrons. The van der Waals surface area contributed by atoms with Crippen molar-refractivity contribution in [2.75, 3.05) is 11.9 Å². The minimum absolute atomic E-state index is 0.273. The van der Waals surface area contributed by atoms with Gasteiger partial charge in [0.1, 0.15) is 5.00 Å². The minimum atomic E-state index is -0.273. The van der Waals surface area contributed by atoms with Gasteiger partial charge in [-0.05, 0) is 0 Å². The molecule has 1 heterocycles. The van der Waals surface area contributed by atoms with Crippen LogP contribution in [0.25, 0.3) is 0 Å². The number of hydrogen-bond acceptors (Lipinski definition) is 4. The smallest absolute Gasteiger partial charge is 0.320 e. The molecule has 2 amide bonds. The topological polar surface area (TPSA) is 66.9 Å². The summed E-state index contributed by atoms with van der Waals surface area (Å²) in [5.41, 5.74) is 0. The lowest BCUT2D eigenvalue weighted by atomic mass is 10.5. The minimum Gasteiger partial charge on any atom is -0.334 e. The summed E-state index contributed by atoms with van der Waals surface area (Å²) in [6, 6.07) is -0.273. The van der Waals surface area contributed by atoms with Gasteiger partial charge >= 0.3 is 6.03 Å². The molecule has 0 saturated heterocycles. The quantitative estimate of drug-likeness (QED) is 0.738. The normalized spacial score (nSPS) is 10.0. The fourth-order valence-electron chi connectivity index (χ4n) is 0.694. The highest BCUT2D eigenvalue weighted by Crippen LogP contribution is 2.07. The zero-order valence-corrected chi connectivity index (χ0v) is 8.25. The monoisotopic (exact) mass is 210 g/mol. The standard InChI is InChI=1S/C8H10N4OS/c1-2-3-4-5-9-8(13)11-7-6-10-12-14-7/h2-4,6H,1,5H2,(H2,9,11,13)/b4-3+. The maximum Gasteiger partial charge on any atom is 0.320 e. The second kappa shape index (κ2) is 5.87. The van der Waals surface area contributed by atoms with Gasteiger partial charge in [-0.25, -0.2) is 4.79 Å². The number of nitrogens with zero attached hydrogens (tertiary/aromatic N) is 2. The first-order chi connectivity index (χ1) is 6.83. The van der Waals surface area contributed by atoms with Gasteiger partial charge in [0.2, 0.25) is 0 Å². The van der Waals surface area contributed by atoms with Crippen molar-refractivity contribution in [3.8, 4) is 0 Å². The Labute approximate surface area is 85.7 Å². The van der Waals surface area contributed by atoms with Gasteiger partial charge in [-0.15, -0.1) is 5.10 Å². The number of amides is 2. The van der Waals surface area contributed by atoms with Crippen LogP contribution in [0.1, 0.15) is 0 Å². The molecule has 0 aliphatic rings. The molecule has 1 aromatic rings. The summed E-state index contributed by atoms with van der Waals surface area (Å²) in [5, 5.41) is 9.41. The van der Waals surface area contributed by atoms with Crippen molar-refractivity contribution < 1.29 is 4.79 Å². The van der Waals surface area contributed by atoms with Gasteiger partial charge in [0.15, 0.2) is 0 Å². The van der Waals surface area contributed by atoms with Crippen molar-refractivity contribution in [2.24, 2.45) is 0 Å². The second-order valence-corrected chi connectivity index (χ2v) is 3.07. The summed E-state index contributed by atoms with van der Waals surface area (Å²) in [5.74, 6) is 0. The second-order valence-electron chi connectivity index (χ2n) is 2.28. The van der Waals surface area contributed by atoms with Crippen molar-refractivity contribution in [1.82, 2.24) is 14.9 Å². The van der Waals surface area contributed by atoms with Crippen LogP contribution in [0.5, 0.6) is 0 Å². The molecular weight excluding hydrogens is 200 g/mol. The van der Waals surface area contributed by atoms with E-state index in [1.54, 1.807) is 18.2 Å². The summed E-state index contributed by atoms with van der Waals surface area (Å²) >= 11 is 1.13. The molecule has 1 aromatic heterocycles. The Morgan fingerprint density at radius 2 is 2.57 bits per heavy atom. The largest absolute Gasteiger partial charge is 0.334 e. The zero-order valence-electron chi connectivity index (χ0n) is 7.43. The van der Waals surface area contributed by atoms with Crippen LogP contribution < -0.4 is 10.6 Å². The molecule has 14 heavy (non-hydrogen) atoms. The number of allylic oxidation sites excluding steroid dienone is 2. The Morgan fingerprint density at radius 1 is 1.71 bits per heavy atom. The molecule has 0 bridgehead atoms. The van der Waals surface area contributed by atoms with Gasteiger partial charge in [0.25, 0.3) is 0 Å². The molecule has 0 fully saturated rings. The zero-order chi connectivity index (χ0) is 10.2. The lowest BCUT2D eigenvalue weighted by molar-refractivity contribution is 0.253. The van der Waals surface area contributed by atoms with Crippen LogP contribution in [0.3, 0.4) is 0 Å². The Bertz CT molecular complexity index is 320. The molecule has 0 unspecified atom stereocenters. The predicted molar refractivity (Wildman–Crippen MR) is 56.3 cm³/mol. The SMILES string of the molecule is C=C/C=C/CNC(=O)Nc1cnns1. The van der Waals surface area contributed by atoms with E-state index in [4.69, 9.17) is 0 Å². The van der Waals surface area contributed by atoms with Crippen LogP contribution in [-0.2, 0) is 0 Å². The Kier molecular flexibility index (Phi) is 4.36. The van der Waals surface area contributed by atoms with Crippen molar-refractivity contribution in [2.45, 2.75) is 0 Å². The lowest BCUT2D eigenvalue weighted by Gasteiger charge is -2.01. The number of nitrogens with one attached hydrogen (secondary N) is 2. The number of rotatable bonds is 4. The van der Waals surface area contributed by atoms with Crippen LogP contribution in [0.4, 0.5) is 9.80 Å². The third-order valence-electron chi connectivity index (χ3n) is 1.25. The first-order valence-electron chi connectivity index (χ1n) is 3.92. The van der Waals surface area contributed by atoms with Gasteiger partial charge in [-0.2, -0.15) is 0 Å². The van der Waals surface area contributed by atoms with E-state index >= 15 is 0 Å². The van der Waals surface area contributed by atoms with Gasteiger partial charge in [-0.3, -0.25) is 5.32 Å². The van der Waals surface area contributed by atoms with Crippen molar-refractivity contribution >= 4 is 22.6 Å². The van der Waals surface area contributed by atoms with Crippen LogP contribution in [0, 0.1) is 0 Å². The first-order valence-corrected chi connectivity index (χ1v) is 4.70. The Morgan fingerprint density at radius 3 is 3.21 bits per heavy atom. The summed E-state index contributed by atoms with van der Waals surface area (Å²) in [6.07, 6.45) is 6.68. The molecule has 0 atom stereocenters. The van der Waals surface area contributed by atoms with E-state index in [0.29, 0.717) is 11.5 Å². The van der Waals surface area contributed by atoms with Crippen LogP contribution in [-0.4, -0.2) is 22.2 Å². The molecule has 2 N–H and O–H groups in total. The lowest BCUT2D eigenvalue weighted by Crippen LogP contribution is -2.28. The highest BCUT2D eigenvalue weighted by molar-refractivity contribution is 7.10. The number of carbonyl (C=O) groups is 1. The molecule has 0 aliphatic carbocycles. The van der Waals surface area contributed by atoms with E-state index in [-0.39, 0.29) is 6.03 Å². The maximum absolute atomic E-state index is 11.1. The molecule has 1 rings (SSSR count). The molecule has 5 nitrogen and oxygen atoms in total. The highest BCUT2D eigenvalue weighted by atomic mass is 32.1. The van der Waals surface area contributed by atoms with E-state index in [0.717, 1.165) is 11.5 Å². The summed E-state index contributed by atoms with van der Waals surface area (Å²) in [4.78, 5) is 11.1. The first kappa shape index (κ1) is 10.4. The fraction of sp³-hybridized carbons (Fsp3) is 0.125. The Hall–Kier alpha value is -1.69. The van der Waals surface area contributed by atoms with E-state index in [1.165, 1.54) is 6.20 Å². The number of aromatic nitrogens is 2. The van der Waals surface area contributed by atoms with Crippen LogP contribution >= 0.6 is 11.5 Å². The van der Waals surface area contributed by atoms with Gasteiger partial charge < -0.3 is 5.32 Å². The average molecular weight is 210 g/mol. The molecular formula is C8H10N4OS. The molecule has 0 aromatic carbocycles. The van der Waals surface area contributed by atoms with E-state index in [1.807, 2.05) is 0 Å². The average Bonchev–Trinajstić information content (AvgIpc) is 2.65. The van der Waals surface area contributed by atoms with Crippen molar-refractivity contribution in [3.05, 3.63) is 31.0 Å². The Balaban J connectivity index is 2.23. The maximum atomic E-state index is 11.1. The number of urea groups is 1. The van der Waals surface area contributed by atoms with E-state index in [2.05, 4.69) is 26.8 Å². The van der Waals surface area contributed by atoms with Crippen LogP contribution in [0.15, 0.2) is 31.0 Å². The fourth-order valence-corrected chi connectivity index (χ4v) is 1.11. The molecule has 0 radical (unpaired) electrons.